The van der Waals surface area contributed by atoms with Gasteiger partial charge in [0, 0.05) is 0 Å². The molecule has 0 aromatic rings. The fraction of sp³-hybridized carbons (Fsp3) is 0.938. The quantitative estimate of drug-likeness (QED) is 0.398. The van der Waals surface area contributed by atoms with Crippen LogP contribution in [-0.2, 0) is 14.3 Å². The lowest BCUT2D eigenvalue weighted by Crippen LogP contribution is -2.37. The van der Waals surface area contributed by atoms with E-state index in [1.165, 1.54) is 38.5 Å². The average molecular weight is 268 g/mol. The van der Waals surface area contributed by atoms with Gasteiger partial charge in [0.25, 0.3) is 0 Å². The van der Waals surface area contributed by atoms with Crippen LogP contribution < -0.4 is 0 Å². The van der Waals surface area contributed by atoms with Crippen molar-refractivity contribution in [1.82, 2.24) is 0 Å². The Balaban J connectivity index is 1.97. The van der Waals surface area contributed by atoms with E-state index in [1.807, 2.05) is 6.92 Å². The highest BCUT2D eigenvalue weighted by Gasteiger charge is 2.74. The van der Waals surface area contributed by atoms with E-state index in [1.54, 1.807) is 0 Å². The van der Waals surface area contributed by atoms with Crippen LogP contribution in [0.15, 0.2) is 0 Å². The smallest absolute Gasteiger partial charge is 0.341 e. The first-order valence-corrected chi connectivity index (χ1v) is 8.08. The monoisotopic (exact) mass is 268 g/mol. The highest BCUT2D eigenvalue weighted by atomic mass is 16.7. The van der Waals surface area contributed by atoms with Gasteiger partial charge in [-0.15, -0.1) is 0 Å². The number of epoxide rings is 1. The molecule has 1 aliphatic heterocycles. The predicted octanol–water partition coefficient (Wildman–Crippen LogP) is 3.99. The first-order chi connectivity index (χ1) is 9.21. The topological polar surface area (TPSA) is 38.8 Å². The number of esters is 1. The van der Waals surface area contributed by atoms with Gasteiger partial charge in [0.15, 0.2) is 5.60 Å². The number of unbranched alkanes of at least 4 members (excludes halogenated alkanes) is 3. The second-order valence-corrected chi connectivity index (χ2v) is 6.02. The third kappa shape index (κ3) is 2.81. The fourth-order valence-corrected chi connectivity index (χ4v) is 3.59. The standard InChI is InChI=1S/C16H28O3/c1-3-5-6-10-13-16(14(17)18-4-2)15(19-16)11-8-7-9-12-15/h3-13H2,1-2H3. The lowest BCUT2D eigenvalue weighted by molar-refractivity contribution is -0.150. The number of ether oxygens (including phenoxy) is 2. The molecule has 2 rings (SSSR count). The molecule has 1 saturated heterocycles. The largest absolute Gasteiger partial charge is 0.464 e. The molecule has 0 aromatic carbocycles. The Kier molecular flexibility index (Phi) is 4.88. The number of rotatable bonds is 7. The molecule has 1 atom stereocenters. The van der Waals surface area contributed by atoms with Gasteiger partial charge in [0.05, 0.1) is 6.61 Å². The second-order valence-electron chi connectivity index (χ2n) is 6.02. The minimum absolute atomic E-state index is 0.103. The van der Waals surface area contributed by atoms with Crippen molar-refractivity contribution in [2.45, 2.75) is 89.3 Å². The maximum absolute atomic E-state index is 12.3. The molecule has 1 spiro atoms. The van der Waals surface area contributed by atoms with E-state index < -0.39 is 5.60 Å². The van der Waals surface area contributed by atoms with Gasteiger partial charge in [-0.1, -0.05) is 45.4 Å². The van der Waals surface area contributed by atoms with E-state index in [2.05, 4.69) is 6.92 Å². The van der Waals surface area contributed by atoms with Crippen LogP contribution in [0.25, 0.3) is 0 Å². The van der Waals surface area contributed by atoms with E-state index in [9.17, 15) is 4.79 Å². The zero-order valence-electron chi connectivity index (χ0n) is 12.5. The molecule has 0 bridgehead atoms. The lowest BCUT2D eigenvalue weighted by atomic mass is 9.77. The van der Waals surface area contributed by atoms with Crippen LogP contribution in [0.1, 0.15) is 78.1 Å². The molecular weight excluding hydrogens is 240 g/mol. The van der Waals surface area contributed by atoms with Gasteiger partial charge in [-0.2, -0.15) is 0 Å². The first kappa shape index (κ1) is 14.8. The maximum atomic E-state index is 12.3. The van der Waals surface area contributed by atoms with E-state index in [0.29, 0.717) is 6.61 Å². The fourth-order valence-electron chi connectivity index (χ4n) is 3.59. The van der Waals surface area contributed by atoms with Crippen LogP contribution >= 0.6 is 0 Å². The Bertz CT molecular complexity index is 307. The van der Waals surface area contributed by atoms with Crippen LogP contribution in [0.5, 0.6) is 0 Å². The number of carbonyl (C=O) groups is 1. The van der Waals surface area contributed by atoms with Crippen molar-refractivity contribution < 1.29 is 14.3 Å². The van der Waals surface area contributed by atoms with Crippen LogP contribution in [0, 0.1) is 0 Å². The predicted molar refractivity (Wildman–Crippen MR) is 75.0 cm³/mol. The summed E-state index contributed by atoms with van der Waals surface area (Å²) in [6, 6.07) is 0. The molecule has 1 unspecified atom stereocenters. The summed E-state index contributed by atoms with van der Waals surface area (Å²) in [6.45, 7) is 4.53. The molecule has 2 aliphatic rings. The molecular formula is C16H28O3. The summed E-state index contributed by atoms with van der Waals surface area (Å²) >= 11 is 0. The summed E-state index contributed by atoms with van der Waals surface area (Å²) in [5, 5.41) is 0. The third-order valence-corrected chi connectivity index (χ3v) is 4.71. The van der Waals surface area contributed by atoms with E-state index >= 15 is 0 Å². The van der Waals surface area contributed by atoms with Crippen LogP contribution in [0.2, 0.25) is 0 Å². The Labute approximate surface area is 117 Å². The van der Waals surface area contributed by atoms with Gasteiger partial charge in [0.2, 0.25) is 0 Å². The summed E-state index contributed by atoms with van der Waals surface area (Å²) in [7, 11) is 0. The molecule has 1 aliphatic carbocycles. The van der Waals surface area contributed by atoms with E-state index in [4.69, 9.17) is 9.47 Å². The van der Waals surface area contributed by atoms with Gasteiger partial charge in [-0.05, 0) is 32.6 Å². The summed E-state index contributed by atoms with van der Waals surface area (Å²) < 4.78 is 11.3. The minimum Gasteiger partial charge on any atom is -0.464 e. The molecule has 110 valence electrons. The Morgan fingerprint density at radius 2 is 1.84 bits per heavy atom. The van der Waals surface area contributed by atoms with Crippen molar-refractivity contribution in [1.29, 1.82) is 0 Å². The molecule has 0 radical (unpaired) electrons. The molecule has 0 amide bonds. The van der Waals surface area contributed by atoms with Crippen molar-refractivity contribution in [2.75, 3.05) is 6.61 Å². The van der Waals surface area contributed by atoms with Crippen molar-refractivity contribution in [3.05, 3.63) is 0 Å². The maximum Gasteiger partial charge on any atom is 0.341 e. The highest BCUT2D eigenvalue weighted by Crippen LogP contribution is 2.59. The number of carbonyl (C=O) groups excluding carboxylic acids is 1. The van der Waals surface area contributed by atoms with Gasteiger partial charge >= 0.3 is 5.97 Å². The third-order valence-electron chi connectivity index (χ3n) is 4.71. The summed E-state index contributed by atoms with van der Waals surface area (Å²) in [6.07, 6.45) is 11.3. The first-order valence-electron chi connectivity index (χ1n) is 8.08. The zero-order chi connectivity index (χ0) is 13.8. The average Bonchev–Trinajstić information content (AvgIpc) is 3.04. The van der Waals surface area contributed by atoms with Crippen molar-refractivity contribution in [3.63, 3.8) is 0 Å². The molecule has 19 heavy (non-hydrogen) atoms. The summed E-state index contributed by atoms with van der Waals surface area (Å²) in [5.74, 6) is -0.103. The molecule has 2 fully saturated rings. The summed E-state index contributed by atoms with van der Waals surface area (Å²) in [4.78, 5) is 12.3. The molecule has 0 N–H and O–H groups in total. The minimum atomic E-state index is -0.586. The Morgan fingerprint density at radius 3 is 2.47 bits per heavy atom. The van der Waals surface area contributed by atoms with Gasteiger partial charge in [-0.3, -0.25) is 0 Å². The van der Waals surface area contributed by atoms with Gasteiger partial charge in [-0.25, -0.2) is 4.79 Å². The van der Waals surface area contributed by atoms with Crippen molar-refractivity contribution >= 4 is 5.97 Å². The van der Waals surface area contributed by atoms with Gasteiger partial charge < -0.3 is 9.47 Å². The number of hydrogen-bond donors (Lipinski definition) is 0. The SMILES string of the molecule is CCCCCCC1(C(=O)OCC)OC12CCCCC2. The van der Waals surface area contributed by atoms with Crippen LogP contribution in [-0.4, -0.2) is 23.8 Å². The van der Waals surface area contributed by atoms with Gasteiger partial charge in [0.1, 0.15) is 5.60 Å². The lowest BCUT2D eigenvalue weighted by Gasteiger charge is -2.22. The van der Waals surface area contributed by atoms with E-state index in [0.717, 1.165) is 25.7 Å². The molecule has 1 heterocycles. The second kappa shape index (κ2) is 6.25. The molecule has 1 saturated carbocycles. The summed E-state index contributed by atoms with van der Waals surface area (Å²) in [5.41, 5.74) is -0.749. The zero-order valence-corrected chi connectivity index (χ0v) is 12.5. The molecule has 0 aromatic heterocycles. The highest BCUT2D eigenvalue weighted by molar-refractivity contribution is 5.85. The van der Waals surface area contributed by atoms with Crippen LogP contribution in [0.3, 0.4) is 0 Å². The molecule has 3 nitrogen and oxygen atoms in total. The normalized spacial score (nSPS) is 28.3. The number of hydrogen-bond acceptors (Lipinski definition) is 3. The Hall–Kier alpha value is -0.570. The van der Waals surface area contributed by atoms with Crippen molar-refractivity contribution in [3.8, 4) is 0 Å². The van der Waals surface area contributed by atoms with E-state index in [-0.39, 0.29) is 11.6 Å². The molecule has 3 heteroatoms. The van der Waals surface area contributed by atoms with Crippen LogP contribution in [0.4, 0.5) is 0 Å². The van der Waals surface area contributed by atoms with Crippen molar-refractivity contribution in [2.24, 2.45) is 0 Å². The Morgan fingerprint density at radius 1 is 1.11 bits per heavy atom.